The zero-order valence-electron chi connectivity index (χ0n) is 31.1. The number of benzene rings is 8. The number of hydrogen-bond donors (Lipinski definition) is 2. The average Bonchev–Trinajstić information content (AvgIpc) is 3.54. The van der Waals surface area contributed by atoms with E-state index in [1.165, 1.54) is 66.1 Å². The summed E-state index contributed by atoms with van der Waals surface area (Å²) < 4.78 is 12.1. The second-order valence-corrected chi connectivity index (χ2v) is 14.4. The SMILES string of the molecule is Cc1cc(C2(c3ccc(OCCO)c(C)c3)c3c(cccc3-c3cccc4ccccc34)-c3cccc(-c4cccc5ccccc45)c32)ccc1OCCO. The Morgan fingerprint density at radius 2 is 0.782 bits per heavy atom. The highest BCUT2D eigenvalue weighted by molar-refractivity contribution is 6.05. The molecule has 8 aromatic rings. The highest BCUT2D eigenvalue weighted by Gasteiger charge is 2.49. The molecule has 1 aliphatic carbocycles. The van der Waals surface area contributed by atoms with E-state index in [-0.39, 0.29) is 26.4 Å². The van der Waals surface area contributed by atoms with Crippen LogP contribution < -0.4 is 9.47 Å². The van der Waals surface area contributed by atoms with Crippen LogP contribution in [0.15, 0.2) is 158 Å². The quantitative estimate of drug-likeness (QED) is 0.148. The fourth-order valence-corrected chi connectivity index (χ4v) is 9.00. The molecule has 0 bridgehead atoms. The van der Waals surface area contributed by atoms with Crippen LogP contribution in [0, 0.1) is 13.8 Å². The molecule has 8 aromatic carbocycles. The van der Waals surface area contributed by atoms with Gasteiger partial charge in [0, 0.05) is 0 Å². The molecule has 0 atom stereocenters. The van der Waals surface area contributed by atoms with Crippen molar-refractivity contribution in [2.75, 3.05) is 26.4 Å². The molecule has 2 N–H and O–H groups in total. The Kier molecular flexibility index (Phi) is 8.94. The van der Waals surface area contributed by atoms with E-state index in [4.69, 9.17) is 9.47 Å². The normalized spacial score (nSPS) is 12.8. The van der Waals surface area contributed by atoms with Crippen molar-refractivity contribution in [2.24, 2.45) is 0 Å². The van der Waals surface area contributed by atoms with E-state index in [0.717, 1.165) is 33.8 Å². The monoisotopic (exact) mass is 718 g/mol. The summed E-state index contributed by atoms with van der Waals surface area (Å²) in [5.41, 5.74) is 12.9. The highest BCUT2D eigenvalue weighted by atomic mass is 16.5. The van der Waals surface area contributed by atoms with Gasteiger partial charge in [0.05, 0.1) is 18.6 Å². The molecule has 4 heteroatoms. The summed E-state index contributed by atoms with van der Waals surface area (Å²) in [5, 5.41) is 24.1. The van der Waals surface area contributed by atoms with E-state index < -0.39 is 5.41 Å². The van der Waals surface area contributed by atoms with Gasteiger partial charge in [0.2, 0.25) is 0 Å². The van der Waals surface area contributed by atoms with E-state index in [1.807, 2.05) is 0 Å². The second kappa shape index (κ2) is 14.2. The largest absolute Gasteiger partial charge is 0.491 e. The van der Waals surface area contributed by atoms with E-state index >= 15 is 0 Å². The van der Waals surface area contributed by atoms with Crippen molar-refractivity contribution >= 4 is 21.5 Å². The lowest BCUT2D eigenvalue weighted by Crippen LogP contribution is -2.30. The first-order valence-corrected chi connectivity index (χ1v) is 19.0. The molecule has 0 amide bonds. The molecule has 4 nitrogen and oxygen atoms in total. The molecule has 0 aliphatic heterocycles. The number of hydrogen-bond acceptors (Lipinski definition) is 4. The average molecular weight is 719 g/mol. The smallest absolute Gasteiger partial charge is 0.122 e. The maximum absolute atomic E-state index is 9.64. The number of aliphatic hydroxyl groups excluding tert-OH is 2. The third-order valence-electron chi connectivity index (χ3n) is 11.2. The summed E-state index contributed by atoms with van der Waals surface area (Å²) in [6, 6.07) is 57.1. The topological polar surface area (TPSA) is 58.9 Å². The predicted octanol–water partition coefficient (Wildman–Crippen LogP) is 11.0. The van der Waals surface area contributed by atoms with Gasteiger partial charge in [-0.2, -0.15) is 0 Å². The molecule has 0 unspecified atom stereocenters. The first-order valence-electron chi connectivity index (χ1n) is 19.0. The summed E-state index contributed by atoms with van der Waals surface area (Å²) in [5.74, 6) is 1.50. The number of fused-ring (bicyclic) bond motifs is 5. The van der Waals surface area contributed by atoms with E-state index in [9.17, 15) is 10.2 Å². The van der Waals surface area contributed by atoms with Crippen LogP contribution in [0.2, 0.25) is 0 Å². The molecule has 0 fully saturated rings. The zero-order valence-corrected chi connectivity index (χ0v) is 31.1. The van der Waals surface area contributed by atoms with Gasteiger partial charge >= 0.3 is 0 Å². The summed E-state index contributed by atoms with van der Waals surface area (Å²) in [7, 11) is 0. The number of rotatable bonds is 10. The van der Waals surface area contributed by atoms with Crippen molar-refractivity contribution in [2.45, 2.75) is 19.3 Å². The maximum atomic E-state index is 9.64. The predicted molar refractivity (Wildman–Crippen MR) is 224 cm³/mol. The summed E-state index contributed by atoms with van der Waals surface area (Å²) in [6.45, 7) is 4.51. The molecule has 0 aromatic heterocycles. The van der Waals surface area contributed by atoms with Gasteiger partial charge in [-0.25, -0.2) is 0 Å². The molecule has 0 saturated carbocycles. The molecule has 0 spiro atoms. The highest BCUT2D eigenvalue weighted by Crippen LogP contribution is 2.62. The Balaban J connectivity index is 1.46. The van der Waals surface area contributed by atoms with E-state index in [2.05, 4.69) is 172 Å². The van der Waals surface area contributed by atoms with Crippen LogP contribution in [0.25, 0.3) is 54.9 Å². The van der Waals surface area contributed by atoms with Gasteiger partial charge in [-0.05, 0) is 114 Å². The van der Waals surface area contributed by atoms with Crippen LogP contribution in [0.5, 0.6) is 11.5 Å². The second-order valence-electron chi connectivity index (χ2n) is 14.4. The lowest BCUT2D eigenvalue weighted by atomic mass is 9.64. The molecule has 0 saturated heterocycles. The van der Waals surface area contributed by atoms with Crippen LogP contribution in [0.4, 0.5) is 0 Å². The van der Waals surface area contributed by atoms with Gasteiger partial charge in [-0.1, -0.05) is 146 Å². The standard InChI is InChI=1S/C51H42O4/c1-33-31-37(23-25-47(33)54-29-27-52)51(38-24-26-48(34(2)32-38)55-30-28-53)49-43(41-17-7-13-35-11-3-5-15-39(35)41)19-9-21-45(49)46-22-10-20-44(50(46)51)42-18-8-14-36-12-4-6-16-40(36)42/h3-26,31-32,52-53H,27-30H2,1-2H3. The molecule has 0 radical (unpaired) electrons. The van der Waals surface area contributed by atoms with Crippen LogP contribution in [0.3, 0.4) is 0 Å². The number of aliphatic hydroxyl groups is 2. The molecule has 0 heterocycles. The van der Waals surface area contributed by atoms with Crippen molar-refractivity contribution in [1.82, 2.24) is 0 Å². The summed E-state index contributed by atoms with van der Waals surface area (Å²) in [4.78, 5) is 0. The molecule has 55 heavy (non-hydrogen) atoms. The van der Waals surface area contributed by atoms with E-state index in [0.29, 0.717) is 0 Å². The minimum Gasteiger partial charge on any atom is -0.491 e. The van der Waals surface area contributed by atoms with Crippen LogP contribution in [-0.4, -0.2) is 36.6 Å². The first kappa shape index (κ1) is 34.6. The van der Waals surface area contributed by atoms with Gasteiger partial charge in [-0.15, -0.1) is 0 Å². The maximum Gasteiger partial charge on any atom is 0.122 e. The molecular weight excluding hydrogens is 677 g/mol. The van der Waals surface area contributed by atoms with Crippen LogP contribution >= 0.6 is 0 Å². The van der Waals surface area contributed by atoms with E-state index in [1.54, 1.807) is 0 Å². The molecular formula is C51H42O4. The third kappa shape index (κ3) is 5.60. The lowest BCUT2D eigenvalue weighted by Gasteiger charge is -2.37. The number of aryl methyl sites for hydroxylation is 2. The van der Waals surface area contributed by atoms with Crippen molar-refractivity contribution in [3.8, 4) is 44.9 Å². The Hall–Kier alpha value is -6.20. The fraction of sp³-hybridized carbons (Fsp3) is 0.137. The Morgan fingerprint density at radius 3 is 1.20 bits per heavy atom. The molecule has 270 valence electrons. The van der Waals surface area contributed by atoms with Crippen LogP contribution in [-0.2, 0) is 5.41 Å². The minimum absolute atomic E-state index is 0.0569. The third-order valence-corrected chi connectivity index (χ3v) is 11.2. The van der Waals surface area contributed by atoms with Crippen molar-refractivity contribution in [3.63, 3.8) is 0 Å². The van der Waals surface area contributed by atoms with Gasteiger partial charge < -0.3 is 19.7 Å². The van der Waals surface area contributed by atoms with Crippen LogP contribution in [0.1, 0.15) is 33.4 Å². The first-order chi connectivity index (χ1) is 27.0. The lowest BCUT2D eigenvalue weighted by molar-refractivity contribution is 0.200. The summed E-state index contributed by atoms with van der Waals surface area (Å²) >= 11 is 0. The summed E-state index contributed by atoms with van der Waals surface area (Å²) in [6.07, 6.45) is 0. The Morgan fingerprint density at radius 1 is 0.418 bits per heavy atom. The Bertz CT molecular complexity index is 2530. The van der Waals surface area contributed by atoms with Crippen molar-refractivity contribution in [1.29, 1.82) is 0 Å². The number of ether oxygens (including phenoxy) is 2. The fourth-order valence-electron chi connectivity index (χ4n) is 9.00. The van der Waals surface area contributed by atoms with Gasteiger partial charge in [0.1, 0.15) is 24.7 Å². The van der Waals surface area contributed by atoms with Crippen molar-refractivity contribution < 1.29 is 19.7 Å². The zero-order chi connectivity index (χ0) is 37.5. The molecule has 9 rings (SSSR count). The van der Waals surface area contributed by atoms with Gasteiger partial charge in [-0.3, -0.25) is 0 Å². The minimum atomic E-state index is -0.799. The van der Waals surface area contributed by atoms with Crippen molar-refractivity contribution in [3.05, 3.63) is 191 Å². The van der Waals surface area contributed by atoms with Gasteiger partial charge in [0.25, 0.3) is 0 Å². The van der Waals surface area contributed by atoms with Gasteiger partial charge in [0.15, 0.2) is 0 Å². The Labute approximate surface area is 321 Å². The molecule has 1 aliphatic rings.